The molecule has 1 amide bonds. The van der Waals surface area contributed by atoms with Gasteiger partial charge in [0.2, 0.25) is 0 Å². The second kappa shape index (κ2) is 7.83. The van der Waals surface area contributed by atoms with Crippen molar-refractivity contribution in [2.75, 3.05) is 7.11 Å². The van der Waals surface area contributed by atoms with Crippen LogP contribution in [-0.4, -0.2) is 18.2 Å². The van der Waals surface area contributed by atoms with Gasteiger partial charge in [-0.3, -0.25) is 4.79 Å². The number of benzene rings is 2. The van der Waals surface area contributed by atoms with Crippen LogP contribution in [0.4, 0.5) is 5.69 Å². The molecule has 3 rings (SSSR count). The Morgan fingerprint density at radius 3 is 2.72 bits per heavy atom. The maximum absolute atomic E-state index is 12.2. The summed E-state index contributed by atoms with van der Waals surface area (Å²) in [4.78, 5) is 17.1. The monoisotopic (exact) mass is 456 g/mol. The predicted octanol–water partition coefficient (Wildman–Crippen LogP) is 5.66. The highest BCUT2D eigenvalue weighted by Gasteiger charge is 2.24. The lowest BCUT2D eigenvalue weighted by atomic mass is 10.2. The van der Waals surface area contributed by atoms with Gasteiger partial charge in [0, 0.05) is 10.0 Å². The fraction of sp³-hybridized carbons (Fsp3) is 0.0588. The summed E-state index contributed by atoms with van der Waals surface area (Å²) in [5.41, 5.74) is 1.41. The number of methoxy groups -OCH3 is 1. The zero-order chi connectivity index (χ0) is 18.0. The maximum Gasteiger partial charge on any atom is 0.264 e. The first kappa shape index (κ1) is 18.3. The summed E-state index contributed by atoms with van der Waals surface area (Å²) >= 11 is 16.5. The van der Waals surface area contributed by atoms with E-state index in [4.69, 9.17) is 27.9 Å². The fourth-order valence-electron chi connectivity index (χ4n) is 2.11. The van der Waals surface area contributed by atoms with Crippen LogP contribution >= 0.6 is 50.9 Å². The quantitative estimate of drug-likeness (QED) is 0.605. The number of ether oxygens (including phenoxy) is 1. The minimum Gasteiger partial charge on any atom is -0.496 e. The molecular weight excluding hydrogens is 447 g/mol. The second-order valence-corrected chi connectivity index (χ2v) is 7.73. The standard InChI is InChI=1S/C17H11BrCl2N2O2S/c1-24-14-5-2-10(18)6-9(14)7-15-16(23)22-17(25-15)21-11-3-4-12(19)13(20)8-11/h2-8H,1H3,(H,21,22,23)/b15-7+. The van der Waals surface area contributed by atoms with E-state index in [2.05, 4.69) is 26.2 Å². The number of carbonyl (C=O) groups is 1. The van der Waals surface area contributed by atoms with Crippen LogP contribution in [0, 0.1) is 0 Å². The lowest BCUT2D eigenvalue weighted by Crippen LogP contribution is -2.19. The number of amides is 1. The molecule has 0 bridgehead atoms. The average molecular weight is 458 g/mol. The van der Waals surface area contributed by atoms with Gasteiger partial charge in [-0.2, -0.15) is 0 Å². The summed E-state index contributed by atoms with van der Waals surface area (Å²) in [7, 11) is 1.59. The molecule has 0 aliphatic carbocycles. The number of hydrogen-bond donors (Lipinski definition) is 1. The summed E-state index contributed by atoms with van der Waals surface area (Å²) < 4.78 is 6.23. The predicted molar refractivity (Wildman–Crippen MR) is 108 cm³/mol. The van der Waals surface area contributed by atoms with Crippen LogP contribution in [0.1, 0.15) is 5.56 Å². The van der Waals surface area contributed by atoms with Gasteiger partial charge in [0.25, 0.3) is 5.91 Å². The first-order valence-corrected chi connectivity index (χ1v) is 9.41. The molecule has 2 aromatic carbocycles. The van der Waals surface area contributed by atoms with E-state index in [1.807, 2.05) is 18.2 Å². The molecule has 4 nitrogen and oxygen atoms in total. The molecule has 1 aliphatic heterocycles. The van der Waals surface area contributed by atoms with Gasteiger partial charge in [0.05, 0.1) is 27.7 Å². The molecule has 1 saturated heterocycles. The molecular formula is C17H11BrCl2N2O2S. The largest absolute Gasteiger partial charge is 0.496 e. The Morgan fingerprint density at radius 2 is 2.00 bits per heavy atom. The SMILES string of the molecule is COc1ccc(Br)cc1/C=C1/SC(=Nc2ccc(Cl)c(Cl)c2)NC1=O. The van der Waals surface area contributed by atoms with Gasteiger partial charge in [-0.15, -0.1) is 0 Å². The van der Waals surface area contributed by atoms with E-state index >= 15 is 0 Å². The first-order chi connectivity index (χ1) is 12.0. The number of hydrogen-bond acceptors (Lipinski definition) is 4. The lowest BCUT2D eigenvalue weighted by molar-refractivity contribution is -0.115. The molecule has 1 heterocycles. The van der Waals surface area contributed by atoms with Gasteiger partial charge in [-0.05, 0) is 54.2 Å². The van der Waals surface area contributed by atoms with Crippen LogP contribution in [0.25, 0.3) is 6.08 Å². The molecule has 0 unspecified atom stereocenters. The highest BCUT2D eigenvalue weighted by Crippen LogP contribution is 2.33. The number of nitrogens with zero attached hydrogens (tertiary/aromatic N) is 1. The van der Waals surface area contributed by atoms with Crippen molar-refractivity contribution in [3.05, 3.63) is 61.4 Å². The minimum absolute atomic E-state index is 0.217. The Kier molecular flexibility index (Phi) is 5.74. The highest BCUT2D eigenvalue weighted by molar-refractivity contribution is 9.10. The number of aliphatic imine (C=N–C) groups is 1. The van der Waals surface area contributed by atoms with Crippen LogP contribution in [0.15, 0.2) is 50.8 Å². The third kappa shape index (κ3) is 4.39. The number of carbonyl (C=O) groups excluding carboxylic acids is 1. The van der Waals surface area contributed by atoms with Gasteiger partial charge < -0.3 is 10.1 Å². The Balaban J connectivity index is 1.88. The highest BCUT2D eigenvalue weighted by atomic mass is 79.9. The minimum atomic E-state index is -0.217. The van der Waals surface area contributed by atoms with Crippen molar-refractivity contribution in [2.24, 2.45) is 4.99 Å². The number of rotatable bonds is 3. The van der Waals surface area contributed by atoms with Gasteiger partial charge in [-0.25, -0.2) is 4.99 Å². The maximum atomic E-state index is 12.2. The Bertz CT molecular complexity index is 916. The molecule has 0 radical (unpaired) electrons. The zero-order valence-electron chi connectivity index (χ0n) is 12.8. The van der Waals surface area contributed by atoms with Crippen molar-refractivity contribution in [3.63, 3.8) is 0 Å². The van der Waals surface area contributed by atoms with Gasteiger partial charge in [0.15, 0.2) is 5.17 Å². The number of halogens is 3. The fourth-order valence-corrected chi connectivity index (χ4v) is 3.62. The van der Waals surface area contributed by atoms with Crippen molar-refractivity contribution in [1.29, 1.82) is 0 Å². The van der Waals surface area contributed by atoms with Crippen molar-refractivity contribution in [1.82, 2.24) is 5.32 Å². The second-order valence-electron chi connectivity index (χ2n) is 4.97. The number of thioether (sulfide) groups is 1. The van der Waals surface area contributed by atoms with E-state index in [0.717, 1.165) is 10.0 Å². The molecule has 1 fully saturated rings. The van der Waals surface area contributed by atoms with E-state index in [9.17, 15) is 4.79 Å². The van der Waals surface area contributed by atoms with Gasteiger partial charge >= 0.3 is 0 Å². The normalized spacial score (nSPS) is 17.2. The van der Waals surface area contributed by atoms with E-state index in [0.29, 0.717) is 31.6 Å². The number of amidine groups is 1. The zero-order valence-corrected chi connectivity index (χ0v) is 16.8. The molecule has 0 atom stereocenters. The van der Waals surface area contributed by atoms with Crippen molar-refractivity contribution in [3.8, 4) is 5.75 Å². The molecule has 128 valence electrons. The average Bonchev–Trinajstić information content (AvgIpc) is 2.90. The topological polar surface area (TPSA) is 50.7 Å². The van der Waals surface area contributed by atoms with Crippen LogP contribution in [0.5, 0.6) is 5.75 Å². The van der Waals surface area contributed by atoms with E-state index in [1.54, 1.807) is 31.4 Å². The Hall–Kier alpha value is -1.47. The summed E-state index contributed by atoms with van der Waals surface area (Å²) in [6.07, 6.45) is 1.76. The van der Waals surface area contributed by atoms with Crippen molar-refractivity contribution in [2.45, 2.75) is 0 Å². The molecule has 0 spiro atoms. The van der Waals surface area contributed by atoms with E-state index in [1.165, 1.54) is 11.8 Å². The van der Waals surface area contributed by atoms with Crippen molar-refractivity contribution >= 4 is 73.7 Å². The number of nitrogens with one attached hydrogen (secondary N) is 1. The summed E-state index contributed by atoms with van der Waals surface area (Å²) in [6, 6.07) is 10.6. The lowest BCUT2D eigenvalue weighted by Gasteiger charge is -2.05. The smallest absolute Gasteiger partial charge is 0.264 e. The molecule has 2 aromatic rings. The first-order valence-electron chi connectivity index (χ1n) is 7.04. The van der Waals surface area contributed by atoms with E-state index in [-0.39, 0.29) is 5.91 Å². The molecule has 1 aliphatic rings. The van der Waals surface area contributed by atoms with Crippen LogP contribution < -0.4 is 10.1 Å². The van der Waals surface area contributed by atoms with E-state index < -0.39 is 0 Å². The molecule has 8 heteroatoms. The van der Waals surface area contributed by atoms with Crippen LogP contribution in [0.2, 0.25) is 10.0 Å². The summed E-state index contributed by atoms with van der Waals surface area (Å²) in [5, 5.41) is 4.08. The molecule has 0 saturated carbocycles. The van der Waals surface area contributed by atoms with Crippen LogP contribution in [0.3, 0.4) is 0 Å². The summed E-state index contributed by atoms with van der Waals surface area (Å²) in [5.74, 6) is 0.463. The van der Waals surface area contributed by atoms with Gasteiger partial charge in [0.1, 0.15) is 5.75 Å². The summed E-state index contributed by atoms with van der Waals surface area (Å²) in [6.45, 7) is 0. The van der Waals surface area contributed by atoms with Crippen molar-refractivity contribution < 1.29 is 9.53 Å². The molecule has 0 aromatic heterocycles. The third-order valence-corrected chi connectivity index (χ3v) is 5.41. The van der Waals surface area contributed by atoms with Crippen LogP contribution in [-0.2, 0) is 4.79 Å². The molecule has 25 heavy (non-hydrogen) atoms. The third-order valence-electron chi connectivity index (χ3n) is 3.26. The Morgan fingerprint density at radius 1 is 1.20 bits per heavy atom. The molecule has 1 N–H and O–H groups in total. The van der Waals surface area contributed by atoms with Gasteiger partial charge in [-0.1, -0.05) is 39.1 Å². The Labute approximate surface area is 167 Å².